The predicted octanol–water partition coefficient (Wildman–Crippen LogP) is 4.02. The monoisotopic (exact) mass is 276 g/mol. The maximum Gasteiger partial charge on any atom is 0.219 e. The molecule has 1 atom stereocenters. The minimum atomic E-state index is -0.522. The molecule has 0 bridgehead atoms. The van der Waals surface area contributed by atoms with Crippen LogP contribution in [0.15, 0.2) is 23.5 Å². The van der Waals surface area contributed by atoms with E-state index < -0.39 is 4.75 Å². The molecule has 1 aliphatic heterocycles. The lowest BCUT2D eigenvalue weighted by Gasteiger charge is -2.25. The summed E-state index contributed by atoms with van der Waals surface area (Å²) in [5.41, 5.74) is 5.42. The van der Waals surface area contributed by atoms with E-state index >= 15 is 0 Å². The Morgan fingerprint density at radius 3 is 2.11 bits per heavy atom. The largest absolute Gasteiger partial charge is 0.510 e. The van der Waals surface area contributed by atoms with Crippen LogP contribution in [-0.4, -0.2) is 15.0 Å². The van der Waals surface area contributed by atoms with Crippen molar-refractivity contribution in [2.75, 3.05) is 0 Å². The van der Waals surface area contributed by atoms with Crippen molar-refractivity contribution in [3.05, 3.63) is 45.7 Å². The molecule has 2 rings (SSSR count). The molecule has 1 unspecified atom stereocenters. The summed E-state index contributed by atoms with van der Waals surface area (Å²) in [6, 6.07) is 4.31. The Morgan fingerprint density at radius 2 is 1.68 bits per heavy atom. The number of aliphatic hydroxyl groups excluding tert-OH is 1. The van der Waals surface area contributed by atoms with E-state index in [1.807, 2.05) is 6.92 Å². The molecule has 0 aromatic heterocycles. The van der Waals surface area contributed by atoms with Crippen molar-refractivity contribution >= 4 is 16.9 Å². The SMILES string of the molecule is CC1=C(O)C(C)(Cc2c(C)cc(C)cc2C)SC1=O. The summed E-state index contributed by atoms with van der Waals surface area (Å²) >= 11 is 1.24. The van der Waals surface area contributed by atoms with Crippen molar-refractivity contribution in [2.24, 2.45) is 0 Å². The topological polar surface area (TPSA) is 37.3 Å². The maximum atomic E-state index is 11.8. The van der Waals surface area contributed by atoms with Crippen LogP contribution in [0, 0.1) is 20.8 Å². The highest BCUT2D eigenvalue weighted by Crippen LogP contribution is 2.45. The molecule has 1 aromatic carbocycles. The molecule has 0 saturated heterocycles. The standard InChI is InChI=1S/C16H20O2S/c1-9-6-10(2)13(11(3)7-9)8-16(5)14(17)12(4)15(18)19-16/h6-7,17H,8H2,1-5H3. The lowest BCUT2D eigenvalue weighted by atomic mass is 9.90. The molecule has 0 spiro atoms. The molecule has 0 radical (unpaired) electrons. The molecular weight excluding hydrogens is 256 g/mol. The minimum absolute atomic E-state index is 0.0117. The Hall–Kier alpha value is -1.22. The first-order chi connectivity index (χ1) is 8.74. The molecule has 102 valence electrons. The number of aliphatic hydroxyl groups is 1. The van der Waals surface area contributed by atoms with E-state index in [0.29, 0.717) is 12.0 Å². The molecule has 2 nitrogen and oxygen atoms in total. The van der Waals surface area contributed by atoms with Gasteiger partial charge in [-0.3, -0.25) is 4.79 Å². The van der Waals surface area contributed by atoms with Crippen LogP contribution in [0.5, 0.6) is 0 Å². The van der Waals surface area contributed by atoms with Crippen molar-refractivity contribution in [1.82, 2.24) is 0 Å². The molecule has 0 fully saturated rings. The van der Waals surface area contributed by atoms with Crippen LogP contribution in [0.4, 0.5) is 0 Å². The summed E-state index contributed by atoms with van der Waals surface area (Å²) < 4.78 is -0.522. The van der Waals surface area contributed by atoms with E-state index in [1.165, 1.54) is 34.0 Å². The highest BCUT2D eigenvalue weighted by Gasteiger charge is 2.42. The highest BCUT2D eigenvalue weighted by atomic mass is 32.2. The molecule has 19 heavy (non-hydrogen) atoms. The fourth-order valence-electron chi connectivity index (χ4n) is 2.77. The van der Waals surface area contributed by atoms with Crippen LogP contribution < -0.4 is 0 Å². The Labute approximate surface area is 118 Å². The molecule has 1 aliphatic rings. The fraction of sp³-hybridized carbons (Fsp3) is 0.438. The third kappa shape index (κ3) is 2.44. The van der Waals surface area contributed by atoms with Gasteiger partial charge < -0.3 is 5.11 Å². The van der Waals surface area contributed by atoms with Gasteiger partial charge in [0, 0.05) is 5.57 Å². The Bertz CT molecular complexity index is 563. The normalized spacial score (nSPS) is 23.3. The van der Waals surface area contributed by atoms with Gasteiger partial charge in [-0.2, -0.15) is 0 Å². The van der Waals surface area contributed by atoms with E-state index in [9.17, 15) is 9.90 Å². The zero-order chi connectivity index (χ0) is 14.4. The predicted molar refractivity (Wildman–Crippen MR) is 80.7 cm³/mol. The van der Waals surface area contributed by atoms with Crippen molar-refractivity contribution in [3.8, 4) is 0 Å². The van der Waals surface area contributed by atoms with Gasteiger partial charge in [-0.25, -0.2) is 0 Å². The van der Waals surface area contributed by atoms with Gasteiger partial charge in [-0.1, -0.05) is 29.5 Å². The first-order valence-electron chi connectivity index (χ1n) is 6.45. The van der Waals surface area contributed by atoms with Crippen molar-refractivity contribution in [2.45, 2.75) is 45.8 Å². The van der Waals surface area contributed by atoms with Gasteiger partial charge in [-0.15, -0.1) is 0 Å². The number of thioether (sulfide) groups is 1. The first-order valence-corrected chi connectivity index (χ1v) is 7.26. The third-order valence-corrected chi connectivity index (χ3v) is 5.11. The summed E-state index contributed by atoms with van der Waals surface area (Å²) in [5.74, 6) is 0.238. The van der Waals surface area contributed by atoms with E-state index in [0.717, 1.165) is 0 Å². The maximum absolute atomic E-state index is 11.8. The Morgan fingerprint density at radius 1 is 1.16 bits per heavy atom. The van der Waals surface area contributed by atoms with E-state index in [2.05, 4.69) is 32.9 Å². The summed E-state index contributed by atoms with van der Waals surface area (Å²) in [6.07, 6.45) is 0.685. The van der Waals surface area contributed by atoms with Gasteiger partial charge in [0.05, 0.1) is 4.75 Å². The number of aryl methyl sites for hydroxylation is 3. The Balaban J connectivity index is 2.41. The molecular formula is C16H20O2S. The van der Waals surface area contributed by atoms with Crippen LogP contribution in [0.2, 0.25) is 0 Å². The highest BCUT2D eigenvalue weighted by molar-refractivity contribution is 8.15. The lowest BCUT2D eigenvalue weighted by Crippen LogP contribution is -2.25. The molecule has 0 aliphatic carbocycles. The van der Waals surface area contributed by atoms with Gasteiger partial charge >= 0.3 is 0 Å². The number of benzene rings is 1. The van der Waals surface area contributed by atoms with Gasteiger partial charge in [0.15, 0.2) is 0 Å². The average Bonchev–Trinajstić information content (AvgIpc) is 2.49. The molecule has 0 amide bonds. The number of rotatable bonds is 2. The zero-order valence-corrected chi connectivity index (χ0v) is 12.9. The van der Waals surface area contributed by atoms with Gasteiger partial charge in [-0.05, 0) is 57.7 Å². The second kappa shape index (κ2) is 4.71. The number of carbonyl (C=O) groups is 1. The van der Waals surface area contributed by atoms with Crippen molar-refractivity contribution in [3.63, 3.8) is 0 Å². The number of hydrogen-bond donors (Lipinski definition) is 1. The van der Waals surface area contributed by atoms with Gasteiger partial charge in [0.25, 0.3) is 0 Å². The lowest BCUT2D eigenvalue weighted by molar-refractivity contribution is -0.107. The average molecular weight is 276 g/mol. The van der Waals surface area contributed by atoms with E-state index in [4.69, 9.17) is 0 Å². The molecule has 0 saturated carbocycles. The smallest absolute Gasteiger partial charge is 0.219 e. The van der Waals surface area contributed by atoms with Gasteiger partial charge in [0.1, 0.15) is 5.76 Å². The summed E-state index contributed by atoms with van der Waals surface area (Å²) in [4.78, 5) is 11.8. The summed E-state index contributed by atoms with van der Waals surface area (Å²) in [5, 5.41) is 10.2. The molecule has 1 N–H and O–H groups in total. The first kappa shape index (κ1) is 14.2. The zero-order valence-electron chi connectivity index (χ0n) is 12.1. The Kier molecular flexibility index (Phi) is 3.52. The van der Waals surface area contributed by atoms with Crippen LogP contribution >= 0.6 is 11.8 Å². The van der Waals surface area contributed by atoms with Crippen molar-refractivity contribution < 1.29 is 9.90 Å². The quantitative estimate of drug-likeness (QED) is 0.886. The third-order valence-electron chi connectivity index (χ3n) is 3.83. The van der Waals surface area contributed by atoms with Crippen LogP contribution in [0.3, 0.4) is 0 Å². The number of hydrogen-bond acceptors (Lipinski definition) is 3. The fourth-order valence-corrected chi connectivity index (χ4v) is 3.89. The minimum Gasteiger partial charge on any atom is -0.510 e. The van der Waals surface area contributed by atoms with E-state index in [1.54, 1.807) is 6.92 Å². The molecule has 3 heteroatoms. The van der Waals surface area contributed by atoms with Crippen LogP contribution in [0.1, 0.15) is 36.1 Å². The summed E-state index contributed by atoms with van der Waals surface area (Å²) in [6.45, 7) is 9.91. The second-order valence-electron chi connectivity index (χ2n) is 5.65. The molecule has 1 aromatic rings. The molecule has 1 heterocycles. The van der Waals surface area contributed by atoms with Gasteiger partial charge in [0.2, 0.25) is 5.12 Å². The van der Waals surface area contributed by atoms with Crippen LogP contribution in [-0.2, 0) is 11.2 Å². The number of carbonyl (C=O) groups excluding carboxylic acids is 1. The van der Waals surface area contributed by atoms with E-state index in [-0.39, 0.29) is 10.9 Å². The van der Waals surface area contributed by atoms with Crippen molar-refractivity contribution in [1.29, 1.82) is 0 Å². The summed E-state index contributed by atoms with van der Waals surface area (Å²) in [7, 11) is 0. The van der Waals surface area contributed by atoms with Crippen LogP contribution in [0.25, 0.3) is 0 Å². The second-order valence-corrected chi connectivity index (χ2v) is 7.12.